The molecule has 7 heteroatoms. The topological polar surface area (TPSA) is 70.7 Å². The predicted octanol–water partition coefficient (Wildman–Crippen LogP) is 4.67. The van der Waals surface area contributed by atoms with Crippen molar-refractivity contribution in [2.24, 2.45) is 0 Å². The predicted molar refractivity (Wildman–Crippen MR) is 105 cm³/mol. The maximum absolute atomic E-state index is 11.5. The van der Waals surface area contributed by atoms with Crippen LogP contribution in [0.4, 0.5) is 9.59 Å². The summed E-state index contributed by atoms with van der Waals surface area (Å²) in [4.78, 5) is 24.8. The lowest BCUT2D eigenvalue weighted by Gasteiger charge is -2.20. The number of unbranched alkanes of at least 4 members (excludes halogenated alkanes) is 9. The molecular formula is C18H38ClN3O3. The Hall–Kier alpha value is -1.01. The monoisotopic (exact) mass is 379 g/mol. The number of urea groups is 1. The highest BCUT2D eigenvalue weighted by Crippen LogP contribution is 2.10. The van der Waals surface area contributed by atoms with Crippen molar-refractivity contribution in [2.45, 2.75) is 84.2 Å². The summed E-state index contributed by atoms with van der Waals surface area (Å²) in [5, 5.41) is 4.79. The molecule has 0 rings (SSSR count). The Kier molecular flexibility index (Phi) is 18.7. The molecule has 0 aromatic heterocycles. The van der Waals surface area contributed by atoms with Crippen molar-refractivity contribution in [3.8, 4) is 0 Å². The van der Waals surface area contributed by atoms with E-state index in [0.717, 1.165) is 12.8 Å². The van der Waals surface area contributed by atoms with E-state index in [1.165, 1.54) is 51.4 Å². The number of amides is 3. The second kappa shape index (κ2) is 17.8. The second-order valence-electron chi connectivity index (χ2n) is 6.56. The van der Waals surface area contributed by atoms with Crippen molar-refractivity contribution in [1.29, 1.82) is 0 Å². The smallest absolute Gasteiger partial charge is 0.415 e. The number of nitrogens with zero attached hydrogens (tertiary/aromatic N) is 1. The fourth-order valence-corrected chi connectivity index (χ4v) is 2.24. The summed E-state index contributed by atoms with van der Waals surface area (Å²) >= 11 is 0. The van der Waals surface area contributed by atoms with E-state index < -0.39 is 12.1 Å². The molecule has 1 unspecified atom stereocenters. The molecule has 0 aliphatic rings. The van der Waals surface area contributed by atoms with Gasteiger partial charge in [0.1, 0.15) is 0 Å². The molecule has 0 saturated carbocycles. The van der Waals surface area contributed by atoms with Crippen LogP contribution in [0.3, 0.4) is 0 Å². The number of nitrogens with one attached hydrogen (secondary N) is 2. The average molecular weight is 380 g/mol. The van der Waals surface area contributed by atoms with Crippen molar-refractivity contribution in [2.75, 3.05) is 20.7 Å². The summed E-state index contributed by atoms with van der Waals surface area (Å²) in [5.74, 6) is 0. The zero-order valence-corrected chi connectivity index (χ0v) is 17.3. The Morgan fingerprint density at radius 1 is 0.920 bits per heavy atom. The van der Waals surface area contributed by atoms with Gasteiger partial charge in [-0.3, -0.25) is 4.90 Å². The van der Waals surface area contributed by atoms with E-state index in [-0.39, 0.29) is 18.6 Å². The Balaban J connectivity index is 0. The Morgan fingerprint density at radius 2 is 1.40 bits per heavy atom. The van der Waals surface area contributed by atoms with Crippen LogP contribution in [0, 0.1) is 0 Å². The van der Waals surface area contributed by atoms with Crippen LogP contribution in [0.2, 0.25) is 0 Å². The quantitative estimate of drug-likeness (QED) is 0.360. The van der Waals surface area contributed by atoms with E-state index >= 15 is 0 Å². The van der Waals surface area contributed by atoms with Gasteiger partial charge in [0, 0.05) is 0 Å². The molecule has 0 bridgehead atoms. The van der Waals surface area contributed by atoms with E-state index in [1.807, 2.05) is 25.9 Å². The zero-order valence-electron chi connectivity index (χ0n) is 16.4. The fourth-order valence-electron chi connectivity index (χ4n) is 2.24. The highest BCUT2D eigenvalue weighted by atomic mass is 35.5. The van der Waals surface area contributed by atoms with Gasteiger partial charge in [0.05, 0.1) is 12.8 Å². The molecule has 0 saturated heterocycles. The number of ether oxygens (including phenoxy) is 1. The van der Waals surface area contributed by atoms with Gasteiger partial charge in [-0.05, 0) is 27.4 Å². The molecule has 3 amide bonds. The van der Waals surface area contributed by atoms with Crippen molar-refractivity contribution in [3.63, 3.8) is 0 Å². The Labute approximate surface area is 159 Å². The van der Waals surface area contributed by atoms with Gasteiger partial charge in [-0.2, -0.15) is 0 Å². The third-order valence-electron chi connectivity index (χ3n) is 4.06. The summed E-state index contributed by atoms with van der Waals surface area (Å²) in [6.07, 6.45) is 11.5. The number of carbonyl (C=O) groups excluding carboxylic acids is 2. The molecule has 150 valence electrons. The van der Waals surface area contributed by atoms with Gasteiger partial charge in [0.15, 0.2) is 0 Å². The van der Waals surface area contributed by atoms with Crippen LogP contribution >= 0.6 is 12.4 Å². The summed E-state index contributed by atoms with van der Waals surface area (Å²) in [6, 6.07) is -0.538. The van der Waals surface area contributed by atoms with Gasteiger partial charge in [-0.1, -0.05) is 64.7 Å². The van der Waals surface area contributed by atoms with Crippen LogP contribution in [0.5, 0.6) is 0 Å². The van der Waals surface area contributed by atoms with E-state index in [4.69, 9.17) is 4.74 Å². The third kappa shape index (κ3) is 17.6. The maximum Gasteiger partial charge on any atom is 0.415 e. The molecule has 0 aliphatic heterocycles. The number of rotatable bonds is 13. The first kappa shape index (κ1) is 26.2. The molecule has 0 aromatic carbocycles. The average Bonchev–Trinajstić information content (AvgIpc) is 2.52. The molecule has 0 radical (unpaired) electrons. The molecule has 0 spiro atoms. The first-order valence-electron chi connectivity index (χ1n) is 9.38. The number of alkyl carbamates (subject to hydrolysis) is 1. The van der Waals surface area contributed by atoms with Gasteiger partial charge in [-0.25, -0.2) is 14.9 Å². The van der Waals surface area contributed by atoms with Crippen LogP contribution in [0.15, 0.2) is 0 Å². The summed E-state index contributed by atoms with van der Waals surface area (Å²) in [7, 11) is 3.68. The third-order valence-corrected chi connectivity index (χ3v) is 4.06. The lowest BCUT2D eigenvalue weighted by molar-refractivity contribution is 0.143. The van der Waals surface area contributed by atoms with E-state index in [2.05, 4.69) is 17.6 Å². The minimum absolute atomic E-state index is 0. The first-order chi connectivity index (χ1) is 11.5. The van der Waals surface area contributed by atoms with Crippen LogP contribution in [-0.2, 0) is 4.74 Å². The molecule has 1 atom stereocenters. The molecule has 0 aromatic rings. The summed E-state index contributed by atoms with van der Waals surface area (Å²) in [6.45, 7) is 4.42. The number of imide groups is 1. The van der Waals surface area contributed by atoms with Crippen LogP contribution in [0.25, 0.3) is 0 Å². The largest absolute Gasteiger partial charge is 0.449 e. The number of halogens is 1. The van der Waals surface area contributed by atoms with Crippen LogP contribution < -0.4 is 10.6 Å². The first-order valence-corrected chi connectivity index (χ1v) is 9.38. The fraction of sp³-hybridized carbons (Fsp3) is 0.889. The van der Waals surface area contributed by atoms with Gasteiger partial charge < -0.3 is 10.1 Å². The lowest BCUT2D eigenvalue weighted by Crippen LogP contribution is -2.48. The minimum Gasteiger partial charge on any atom is -0.449 e. The molecule has 0 heterocycles. The van der Waals surface area contributed by atoms with Crippen LogP contribution in [-0.4, -0.2) is 43.9 Å². The normalized spacial score (nSPS) is 11.6. The summed E-state index contributed by atoms with van der Waals surface area (Å²) in [5.41, 5.74) is 0. The SMILES string of the molecule is CCCCCCCCCCCCOC(=O)NC(=O)NC(C)N(C)C.Cl. The van der Waals surface area contributed by atoms with E-state index in [1.54, 1.807) is 0 Å². The van der Waals surface area contributed by atoms with Crippen molar-refractivity contribution < 1.29 is 14.3 Å². The highest BCUT2D eigenvalue weighted by molar-refractivity contribution is 5.90. The number of carbonyl (C=O) groups is 2. The van der Waals surface area contributed by atoms with E-state index in [9.17, 15) is 9.59 Å². The van der Waals surface area contributed by atoms with Crippen molar-refractivity contribution in [3.05, 3.63) is 0 Å². The minimum atomic E-state index is -0.686. The van der Waals surface area contributed by atoms with Crippen molar-refractivity contribution >= 4 is 24.5 Å². The lowest BCUT2D eigenvalue weighted by atomic mass is 10.1. The molecule has 25 heavy (non-hydrogen) atoms. The highest BCUT2D eigenvalue weighted by Gasteiger charge is 2.12. The molecule has 2 N–H and O–H groups in total. The van der Waals surface area contributed by atoms with Gasteiger partial charge in [0.2, 0.25) is 0 Å². The zero-order chi connectivity index (χ0) is 18.2. The Bertz CT molecular complexity index is 342. The Morgan fingerprint density at radius 3 is 1.88 bits per heavy atom. The van der Waals surface area contributed by atoms with Crippen molar-refractivity contribution in [1.82, 2.24) is 15.5 Å². The standard InChI is InChI=1S/C18H37N3O3.ClH/c1-5-6-7-8-9-10-11-12-13-14-15-24-18(23)20-17(22)19-16(2)21(3)4;/h16H,5-15H2,1-4H3,(H2,19,20,22,23);1H. The molecule has 0 aliphatic carbocycles. The van der Waals surface area contributed by atoms with Gasteiger partial charge >= 0.3 is 12.1 Å². The summed E-state index contributed by atoms with van der Waals surface area (Å²) < 4.78 is 5.00. The van der Waals surface area contributed by atoms with Crippen LogP contribution in [0.1, 0.15) is 78.1 Å². The van der Waals surface area contributed by atoms with E-state index in [0.29, 0.717) is 6.61 Å². The molecular weight excluding hydrogens is 342 g/mol. The molecule has 0 fully saturated rings. The molecule has 6 nitrogen and oxygen atoms in total. The number of hydrogen-bond acceptors (Lipinski definition) is 4. The maximum atomic E-state index is 11.5. The number of hydrogen-bond donors (Lipinski definition) is 2. The van der Waals surface area contributed by atoms with Gasteiger partial charge in [-0.15, -0.1) is 12.4 Å². The second-order valence-corrected chi connectivity index (χ2v) is 6.56. The van der Waals surface area contributed by atoms with Gasteiger partial charge in [0.25, 0.3) is 0 Å².